The van der Waals surface area contributed by atoms with Crippen LogP contribution in [0.25, 0.3) is 0 Å². The Morgan fingerprint density at radius 3 is 2.21 bits per heavy atom. The van der Waals surface area contributed by atoms with Crippen molar-refractivity contribution in [2.24, 2.45) is 0 Å². The van der Waals surface area contributed by atoms with Crippen molar-refractivity contribution < 1.29 is 4.74 Å². The summed E-state index contributed by atoms with van der Waals surface area (Å²) in [4.78, 5) is 2.79. The third-order valence-electron chi connectivity index (χ3n) is 6.54. The molecule has 1 aliphatic heterocycles. The summed E-state index contributed by atoms with van der Waals surface area (Å²) in [5.74, 6) is 0. The lowest BCUT2D eigenvalue weighted by Crippen LogP contribution is -2.49. The normalized spacial score (nSPS) is 20.2. The van der Waals surface area contributed by atoms with Gasteiger partial charge in [0.2, 0.25) is 0 Å². The van der Waals surface area contributed by atoms with Crippen LogP contribution in [-0.2, 0) is 11.3 Å². The summed E-state index contributed by atoms with van der Waals surface area (Å²) in [6.45, 7) is 7.92. The summed E-state index contributed by atoms with van der Waals surface area (Å²) >= 11 is 0. The highest BCUT2D eigenvalue weighted by atomic mass is 16.5. The molecule has 0 saturated carbocycles. The predicted molar refractivity (Wildman–Crippen MR) is 126 cm³/mol. The highest BCUT2D eigenvalue weighted by molar-refractivity contribution is 5.13. The smallest absolute Gasteiger partial charge is 0.0735 e. The summed E-state index contributed by atoms with van der Waals surface area (Å²) in [5.41, 5.74) is 1.31. The first-order chi connectivity index (χ1) is 14.3. The number of rotatable bonds is 16. The van der Waals surface area contributed by atoms with Gasteiger partial charge in [-0.3, -0.25) is 4.90 Å². The van der Waals surface area contributed by atoms with Crippen LogP contribution in [-0.4, -0.2) is 30.1 Å². The van der Waals surface area contributed by atoms with Crippen LogP contribution in [0.2, 0.25) is 0 Å². The van der Waals surface area contributed by atoms with Gasteiger partial charge >= 0.3 is 0 Å². The molecular formula is C27H47NO. The van der Waals surface area contributed by atoms with Crippen LogP contribution >= 0.6 is 0 Å². The quantitative estimate of drug-likeness (QED) is 0.262. The van der Waals surface area contributed by atoms with Gasteiger partial charge in [-0.05, 0) is 44.3 Å². The number of hydrogen-bond acceptors (Lipinski definition) is 2. The van der Waals surface area contributed by atoms with Crippen molar-refractivity contribution in [3.8, 4) is 0 Å². The lowest BCUT2D eigenvalue weighted by molar-refractivity contribution is -0.0545. The fourth-order valence-corrected chi connectivity index (χ4v) is 4.76. The predicted octanol–water partition coefficient (Wildman–Crippen LogP) is 7.76. The van der Waals surface area contributed by atoms with Crippen LogP contribution in [0.1, 0.15) is 109 Å². The molecule has 2 rings (SSSR count). The van der Waals surface area contributed by atoms with Crippen LogP contribution in [0.5, 0.6) is 0 Å². The number of hydrogen-bond donors (Lipinski definition) is 0. The lowest BCUT2D eigenvalue weighted by Gasteiger charge is -2.41. The number of benzene rings is 1. The third-order valence-corrected chi connectivity index (χ3v) is 6.54. The highest BCUT2D eigenvalue weighted by Gasteiger charge is 2.31. The maximum absolute atomic E-state index is 6.51. The van der Waals surface area contributed by atoms with Gasteiger partial charge < -0.3 is 4.74 Å². The van der Waals surface area contributed by atoms with Crippen LogP contribution < -0.4 is 0 Å². The van der Waals surface area contributed by atoms with Gasteiger partial charge in [-0.2, -0.15) is 0 Å². The van der Waals surface area contributed by atoms with Crippen molar-refractivity contribution in [1.29, 1.82) is 0 Å². The van der Waals surface area contributed by atoms with E-state index in [0.29, 0.717) is 12.1 Å². The SMILES string of the molecule is CCCCCCCCN1CCCC(OCc2ccccc2)C1CCCCCCC. The van der Waals surface area contributed by atoms with Crippen molar-refractivity contribution in [2.75, 3.05) is 13.1 Å². The van der Waals surface area contributed by atoms with Gasteiger partial charge in [-0.15, -0.1) is 0 Å². The summed E-state index contributed by atoms with van der Waals surface area (Å²) in [6, 6.07) is 11.3. The number of piperidine rings is 1. The van der Waals surface area contributed by atoms with E-state index in [4.69, 9.17) is 4.74 Å². The Bertz CT molecular complexity index is 489. The molecule has 0 aliphatic carbocycles. The monoisotopic (exact) mass is 401 g/mol. The highest BCUT2D eigenvalue weighted by Crippen LogP contribution is 2.26. The van der Waals surface area contributed by atoms with Gasteiger partial charge in [-0.1, -0.05) is 108 Å². The van der Waals surface area contributed by atoms with Crippen LogP contribution in [0.4, 0.5) is 0 Å². The molecule has 0 aromatic heterocycles. The molecule has 0 bridgehead atoms. The molecule has 0 radical (unpaired) electrons. The molecule has 2 atom stereocenters. The minimum Gasteiger partial charge on any atom is -0.372 e. The van der Waals surface area contributed by atoms with Gasteiger partial charge in [0.1, 0.15) is 0 Å². The number of unbranched alkanes of at least 4 members (excludes halogenated alkanes) is 9. The van der Waals surface area contributed by atoms with E-state index in [9.17, 15) is 0 Å². The topological polar surface area (TPSA) is 12.5 Å². The molecule has 1 heterocycles. The molecular weight excluding hydrogens is 354 g/mol. The Kier molecular flexibility index (Phi) is 13.4. The average Bonchev–Trinajstić information content (AvgIpc) is 2.76. The molecule has 29 heavy (non-hydrogen) atoms. The molecule has 1 aromatic rings. The van der Waals surface area contributed by atoms with Gasteiger partial charge in [0.15, 0.2) is 0 Å². The Morgan fingerprint density at radius 1 is 0.828 bits per heavy atom. The zero-order valence-electron chi connectivity index (χ0n) is 19.4. The molecule has 2 nitrogen and oxygen atoms in total. The Morgan fingerprint density at radius 2 is 1.48 bits per heavy atom. The Balaban J connectivity index is 1.83. The van der Waals surface area contributed by atoms with Crippen molar-refractivity contribution in [3.63, 3.8) is 0 Å². The minimum absolute atomic E-state index is 0.412. The number of likely N-dealkylation sites (tertiary alicyclic amines) is 1. The lowest BCUT2D eigenvalue weighted by atomic mass is 9.93. The first-order valence-corrected chi connectivity index (χ1v) is 12.7. The van der Waals surface area contributed by atoms with Crippen LogP contribution in [0, 0.1) is 0 Å². The molecule has 166 valence electrons. The first-order valence-electron chi connectivity index (χ1n) is 12.7. The molecule has 1 fully saturated rings. The van der Waals surface area contributed by atoms with Gasteiger partial charge in [0, 0.05) is 6.04 Å². The van der Waals surface area contributed by atoms with Crippen LogP contribution in [0.3, 0.4) is 0 Å². The maximum atomic E-state index is 6.51. The van der Waals surface area contributed by atoms with Gasteiger partial charge in [-0.25, -0.2) is 0 Å². The standard InChI is InChI=1S/C27H47NO/c1-3-5-7-9-11-16-22-28-23-17-21-27(26(28)20-15-10-8-6-4-2)29-24-25-18-13-12-14-19-25/h12-14,18-19,26-27H,3-11,15-17,20-24H2,1-2H3. The molecule has 0 spiro atoms. The van der Waals surface area contributed by atoms with E-state index in [2.05, 4.69) is 49.1 Å². The zero-order chi connectivity index (χ0) is 20.6. The summed E-state index contributed by atoms with van der Waals surface area (Å²) in [7, 11) is 0. The summed E-state index contributed by atoms with van der Waals surface area (Å²) in [6.07, 6.45) is 19.5. The second-order valence-corrected chi connectivity index (χ2v) is 9.05. The van der Waals surface area contributed by atoms with E-state index < -0.39 is 0 Å². The Hall–Kier alpha value is -0.860. The molecule has 0 amide bonds. The molecule has 0 N–H and O–H groups in total. The van der Waals surface area contributed by atoms with Crippen molar-refractivity contribution >= 4 is 0 Å². The van der Waals surface area contributed by atoms with Crippen molar-refractivity contribution in [1.82, 2.24) is 4.90 Å². The summed E-state index contributed by atoms with van der Waals surface area (Å²) < 4.78 is 6.51. The fourth-order valence-electron chi connectivity index (χ4n) is 4.76. The van der Waals surface area contributed by atoms with Gasteiger partial charge in [0.05, 0.1) is 12.7 Å². The molecule has 1 saturated heterocycles. The van der Waals surface area contributed by atoms with Crippen molar-refractivity contribution in [2.45, 2.75) is 122 Å². The van der Waals surface area contributed by atoms with E-state index in [-0.39, 0.29) is 0 Å². The van der Waals surface area contributed by atoms with E-state index in [1.165, 1.54) is 109 Å². The van der Waals surface area contributed by atoms with E-state index in [1.54, 1.807) is 0 Å². The average molecular weight is 402 g/mol. The molecule has 1 aromatic carbocycles. The molecule has 2 heteroatoms. The van der Waals surface area contributed by atoms with Gasteiger partial charge in [0.25, 0.3) is 0 Å². The van der Waals surface area contributed by atoms with E-state index in [1.807, 2.05) is 0 Å². The minimum atomic E-state index is 0.412. The number of nitrogens with zero attached hydrogens (tertiary/aromatic N) is 1. The zero-order valence-corrected chi connectivity index (χ0v) is 19.4. The number of ether oxygens (including phenoxy) is 1. The van der Waals surface area contributed by atoms with E-state index >= 15 is 0 Å². The maximum Gasteiger partial charge on any atom is 0.0735 e. The Labute approximate surface area is 181 Å². The second kappa shape index (κ2) is 15.9. The van der Waals surface area contributed by atoms with Crippen LogP contribution in [0.15, 0.2) is 30.3 Å². The second-order valence-electron chi connectivity index (χ2n) is 9.05. The largest absolute Gasteiger partial charge is 0.372 e. The third kappa shape index (κ3) is 10.1. The molecule has 2 unspecified atom stereocenters. The summed E-state index contributed by atoms with van der Waals surface area (Å²) in [5, 5.41) is 0. The molecule has 1 aliphatic rings. The van der Waals surface area contributed by atoms with Crippen molar-refractivity contribution in [3.05, 3.63) is 35.9 Å². The van der Waals surface area contributed by atoms with E-state index in [0.717, 1.165) is 6.61 Å². The fraction of sp³-hybridized carbons (Fsp3) is 0.778. The first kappa shape index (κ1) is 24.4.